The van der Waals surface area contributed by atoms with Crippen LogP contribution in [0.25, 0.3) is 0 Å². The van der Waals surface area contributed by atoms with Gasteiger partial charge >= 0.3 is 6.03 Å². The summed E-state index contributed by atoms with van der Waals surface area (Å²) in [7, 11) is 0. The van der Waals surface area contributed by atoms with Crippen molar-refractivity contribution in [1.82, 2.24) is 10.2 Å². The Morgan fingerprint density at radius 2 is 1.65 bits per heavy atom. The molecule has 96 valence electrons. The van der Waals surface area contributed by atoms with Gasteiger partial charge in [-0.25, -0.2) is 4.79 Å². The van der Waals surface area contributed by atoms with Crippen LogP contribution in [0.4, 0.5) is 4.79 Å². The molecule has 2 amide bonds. The fourth-order valence-electron chi connectivity index (χ4n) is 2.77. The Labute approximate surface area is 104 Å². The van der Waals surface area contributed by atoms with E-state index in [0.717, 1.165) is 25.9 Å². The van der Waals surface area contributed by atoms with Crippen molar-refractivity contribution in [3.8, 4) is 0 Å². The van der Waals surface area contributed by atoms with Gasteiger partial charge < -0.3 is 10.2 Å². The number of hydrogen-bond donors (Lipinski definition) is 1. The van der Waals surface area contributed by atoms with Gasteiger partial charge in [-0.1, -0.05) is 25.3 Å². The molecule has 0 bridgehead atoms. The number of nitrogens with zero attached hydrogens (tertiary/aromatic N) is 1. The summed E-state index contributed by atoms with van der Waals surface area (Å²) in [5.41, 5.74) is 0. The molecule has 0 unspecified atom stereocenters. The summed E-state index contributed by atoms with van der Waals surface area (Å²) in [6.07, 6.45) is 14.3. The van der Waals surface area contributed by atoms with Crippen LogP contribution in [-0.4, -0.2) is 24.0 Å². The van der Waals surface area contributed by atoms with Crippen LogP contribution in [-0.2, 0) is 0 Å². The van der Waals surface area contributed by atoms with Crippen LogP contribution in [0.5, 0.6) is 0 Å². The summed E-state index contributed by atoms with van der Waals surface area (Å²) < 4.78 is 0. The molecule has 0 aromatic rings. The number of nitrogens with one attached hydrogen (secondary N) is 1. The van der Waals surface area contributed by atoms with Gasteiger partial charge in [-0.3, -0.25) is 0 Å². The van der Waals surface area contributed by atoms with Gasteiger partial charge in [0.25, 0.3) is 0 Å². The smallest absolute Gasteiger partial charge is 0.321 e. The third-order valence-electron chi connectivity index (χ3n) is 3.87. The molecule has 2 rings (SSSR count). The summed E-state index contributed by atoms with van der Waals surface area (Å²) in [4.78, 5) is 13.7. The average molecular weight is 236 g/mol. The first kappa shape index (κ1) is 12.5. The molecule has 3 nitrogen and oxygen atoms in total. The third-order valence-corrected chi connectivity index (χ3v) is 3.87. The molecule has 0 aromatic carbocycles. The van der Waals surface area contributed by atoms with E-state index < -0.39 is 0 Å². The maximum Gasteiger partial charge on any atom is 0.321 e. The lowest BCUT2D eigenvalue weighted by atomic mass is 9.89. The fourth-order valence-corrected chi connectivity index (χ4v) is 2.77. The Bertz CT molecular complexity index is 263. The molecule has 1 saturated heterocycles. The van der Waals surface area contributed by atoms with Gasteiger partial charge in [0.05, 0.1) is 0 Å². The molecular weight excluding hydrogens is 212 g/mol. The van der Waals surface area contributed by atoms with Gasteiger partial charge in [0, 0.05) is 19.3 Å². The van der Waals surface area contributed by atoms with E-state index >= 15 is 0 Å². The molecule has 0 atom stereocenters. The number of piperidine rings is 1. The third kappa shape index (κ3) is 4.06. The van der Waals surface area contributed by atoms with Crippen molar-refractivity contribution in [2.75, 3.05) is 13.1 Å². The minimum Gasteiger partial charge on any atom is -0.325 e. The van der Waals surface area contributed by atoms with Gasteiger partial charge in [-0.15, -0.1) is 0 Å². The zero-order chi connectivity index (χ0) is 11.9. The second-order valence-corrected chi connectivity index (χ2v) is 5.25. The highest BCUT2D eigenvalue weighted by atomic mass is 16.2. The van der Waals surface area contributed by atoms with Crippen LogP contribution >= 0.6 is 0 Å². The molecular formula is C14H24N2O. The first-order valence-corrected chi connectivity index (χ1v) is 7.08. The van der Waals surface area contributed by atoms with Gasteiger partial charge in [-0.05, 0) is 38.0 Å². The van der Waals surface area contributed by atoms with E-state index in [1.54, 1.807) is 0 Å². The van der Waals surface area contributed by atoms with Crippen molar-refractivity contribution in [2.45, 2.75) is 51.4 Å². The van der Waals surface area contributed by atoms with Crippen molar-refractivity contribution < 1.29 is 4.79 Å². The van der Waals surface area contributed by atoms with Gasteiger partial charge in [0.2, 0.25) is 0 Å². The maximum atomic E-state index is 11.8. The molecule has 2 fully saturated rings. The average Bonchev–Trinajstić information content (AvgIpc) is 2.41. The molecule has 0 aromatic heterocycles. The molecule has 1 aliphatic carbocycles. The zero-order valence-electron chi connectivity index (χ0n) is 10.7. The summed E-state index contributed by atoms with van der Waals surface area (Å²) in [5.74, 6) is 0.686. The second-order valence-electron chi connectivity index (χ2n) is 5.25. The van der Waals surface area contributed by atoms with E-state index in [9.17, 15) is 4.79 Å². The van der Waals surface area contributed by atoms with Crippen LogP contribution < -0.4 is 5.32 Å². The lowest BCUT2D eigenvalue weighted by Gasteiger charge is -2.26. The lowest BCUT2D eigenvalue weighted by Crippen LogP contribution is -2.40. The minimum atomic E-state index is 0.0803. The summed E-state index contributed by atoms with van der Waals surface area (Å²) in [5, 5.41) is 2.91. The van der Waals surface area contributed by atoms with Crippen LogP contribution in [0.1, 0.15) is 51.4 Å². The molecule has 1 aliphatic heterocycles. The van der Waals surface area contributed by atoms with Crippen molar-refractivity contribution in [1.29, 1.82) is 0 Å². The van der Waals surface area contributed by atoms with E-state index in [4.69, 9.17) is 0 Å². The predicted molar refractivity (Wildman–Crippen MR) is 69.7 cm³/mol. The zero-order valence-corrected chi connectivity index (χ0v) is 10.7. The van der Waals surface area contributed by atoms with Crippen molar-refractivity contribution in [3.63, 3.8) is 0 Å². The first-order valence-electron chi connectivity index (χ1n) is 7.08. The highest BCUT2D eigenvalue weighted by Crippen LogP contribution is 2.24. The number of carbonyl (C=O) groups excluding carboxylic acids is 1. The Morgan fingerprint density at radius 1 is 1.00 bits per heavy atom. The fraction of sp³-hybridized carbons (Fsp3) is 0.786. The van der Waals surface area contributed by atoms with E-state index in [1.165, 1.54) is 38.5 Å². The van der Waals surface area contributed by atoms with Gasteiger partial charge in [-0.2, -0.15) is 0 Å². The molecule has 17 heavy (non-hydrogen) atoms. The molecule has 0 radical (unpaired) electrons. The SMILES string of the molecule is O=C(N/C=C/C1CCCCC1)N1CCCCC1. The number of hydrogen-bond acceptors (Lipinski definition) is 1. The number of allylic oxidation sites excluding steroid dienone is 1. The largest absolute Gasteiger partial charge is 0.325 e. The Balaban J connectivity index is 1.69. The number of rotatable bonds is 2. The highest BCUT2D eigenvalue weighted by molar-refractivity contribution is 5.75. The molecule has 1 saturated carbocycles. The Morgan fingerprint density at radius 3 is 2.35 bits per heavy atom. The topological polar surface area (TPSA) is 32.3 Å². The van der Waals surface area contributed by atoms with E-state index in [2.05, 4.69) is 11.4 Å². The lowest BCUT2D eigenvalue weighted by molar-refractivity contribution is 0.190. The van der Waals surface area contributed by atoms with Crippen molar-refractivity contribution in [3.05, 3.63) is 12.3 Å². The number of amides is 2. The van der Waals surface area contributed by atoms with E-state index in [1.807, 2.05) is 11.1 Å². The quantitative estimate of drug-likeness (QED) is 0.784. The number of urea groups is 1. The molecule has 3 heteroatoms. The normalized spacial score (nSPS) is 22.9. The van der Waals surface area contributed by atoms with Crippen molar-refractivity contribution >= 4 is 6.03 Å². The summed E-state index contributed by atoms with van der Waals surface area (Å²) in [6, 6.07) is 0.0803. The van der Waals surface area contributed by atoms with Gasteiger partial charge in [0.15, 0.2) is 0 Å². The first-order chi connectivity index (χ1) is 8.36. The molecule has 0 spiro atoms. The van der Waals surface area contributed by atoms with Crippen LogP contribution in [0.3, 0.4) is 0 Å². The highest BCUT2D eigenvalue weighted by Gasteiger charge is 2.15. The van der Waals surface area contributed by atoms with E-state index in [-0.39, 0.29) is 6.03 Å². The standard InChI is InChI=1S/C14H24N2O/c17-14(16-11-5-2-6-12-16)15-10-9-13-7-3-1-4-8-13/h9-10,13H,1-8,11-12H2,(H,15,17)/b10-9+. The van der Waals surface area contributed by atoms with Gasteiger partial charge in [0.1, 0.15) is 0 Å². The Hall–Kier alpha value is -0.990. The second kappa shape index (κ2) is 6.67. The van der Waals surface area contributed by atoms with Crippen LogP contribution in [0.15, 0.2) is 12.3 Å². The molecule has 1 N–H and O–H groups in total. The molecule has 2 aliphatic rings. The number of carbonyl (C=O) groups is 1. The molecule has 1 heterocycles. The van der Waals surface area contributed by atoms with E-state index in [0.29, 0.717) is 5.92 Å². The maximum absolute atomic E-state index is 11.8. The predicted octanol–water partition coefficient (Wildman–Crippen LogP) is 3.28. The minimum absolute atomic E-state index is 0.0803. The van der Waals surface area contributed by atoms with Crippen LogP contribution in [0, 0.1) is 5.92 Å². The summed E-state index contributed by atoms with van der Waals surface area (Å²) in [6.45, 7) is 1.84. The Kier molecular flexibility index (Phi) is 4.89. The number of likely N-dealkylation sites (tertiary alicyclic amines) is 1. The van der Waals surface area contributed by atoms with Crippen LogP contribution in [0.2, 0.25) is 0 Å². The summed E-state index contributed by atoms with van der Waals surface area (Å²) >= 11 is 0. The van der Waals surface area contributed by atoms with Crippen molar-refractivity contribution in [2.24, 2.45) is 5.92 Å². The monoisotopic (exact) mass is 236 g/mol.